The second kappa shape index (κ2) is 6.60. The first kappa shape index (κ1) is 16.0. The number of carboxylic acid groups (broad SMARTS) is 1. The fraction of sp³-hybridized carbons (Fsp3) is 0.333. The molecule has 0 atom stereocenters. The van der Waals surface area contributed by atoms with Crippen molar-refractivity contribution in [1.82, 2.24) is 4.98 Å². The molecule has 2 rings (SSSR count). The molecule has 0 saturated heterocycles. The van der Waals surface area contributed by atoms with Crippen molar-refractivity contribution in [2.75, 3.05) is 18.5 Å². The smallest absolute Gasteiger partial charge is 0.335 e. The Morgan fingerprint density at radius 3 is 2.59 bits per heavy atom. The van der Waals surface area contributed by atoms with Crippen LogP contribution in [0.4, 0.5) is 5.82 Å². The number of rotatable bonds is 5. The van der Waals surface area contributed by atoms with Crippen molar-refractivity contribution < 1.29 is 9.90 Å². The van der Waals surface area contributed by atoms with Crippen molar-refractivity contribution in [3.63, 3.8) is 0 Å². The van der Waals surface area contributed by atoms with Gasteiger partial charge in [-0.15, -0.1) is 0 Å². The van der Waals surface area contributed by atoms with Crippen LogP contribution in [0.3, 0.4) is 0 Å². The summed E-state index contributed by atoms with van der Waals surface area (Å²) in [5, 5.41) is 9.35. The van der Waals surface area contributed by atoms with E-state index in [4.69, 9.17) is 0 Å². The Morgan fingerprint density at radius 2 is 2.00 bits per heavy atom. The summed E-state index contributed by atoms with van der Waals surface area (Å²) >= 11 is 0. The first-order valence-electron chi connectivity index (χ1n) is 7.41. The van der Waals surface area contributed by atoms with Crippen molar-refractivity contribution in [3.8, 4) is 0 Å². The summed E-state index contributed by atoms with van der Waals surface area (Å²) in [4.78, 5) is 18.0. The highest BCUT2D eigenvalue weighted by Crippen LogP contribution is 2.20. The van der Waals surface area contributed by atoms with Gasteiger partial charge in [-0.1, -0.05) is 23.8 Å². The van der Waals surface area contributed by atoms with Gasteiger partial charge in [-0.2, -0.15) is 0 Å². The van der Waals surface area contributed by atoms with Crippen LogP contribution in [0, 0.1) is 13.8 Å². The Morgan fingerprint density at radius 1 is 1.27 bits per heavy atom. The molecule has 1 heterocycles. The molecule has 0 unspecified atom stereocenters. The summed E-state index contributed by atoms with van der Waals surface area (Å²) in [6.07, 6.45) is 2.41. The third-order valence-corrected chi connectivity index (χ3v) is 3.83. The SMILES string of the molecule is CCN(C)c1ncc(Cc2ccc(C)cc2C(=O)O)cc1C. The van der Waals surface area contributed by atoms with Gasteiger partial charge < -0.3 is 10.0 Å². The number of pyridine rings is 1. The normalized spacial score (nSPS) is 10.5. The first-order chi connectivity index (χ1) is 10.4. The standard InChI is InChI=1S/C18H22N2O2/c1-5-20(4)17-13(3)9-14(11-19-17)10-15-7-6-12(2)8-16(15)18(21)22/h6-9,11H,5,10H2,1-4H3,(H,21,22). The molecule has 0 amide bonds. The maximum absolute atomic E-state index is 11.4. The number of anilines is 1. The minimum Gasteiger partial charge on any atom is -0.478 e. The molecule has 4 nitrogen and oxygen atoms in total. The summed E-state index contributed by atoms with van der Waals surface area (Å²) < 4.78 is 0. The predicted molar refractivity (Wildman–Crippen MR) is 88.9 cm³/mol. The second-order valence-corrected chi connectivity index (χ2v) is 5.64. The molecular weight excluding hydrogens is 276 g/mol. The van der Waals surface area contributed by atoms with Gasteiger partial charge in [0.1, 0.15) is 5.82 Å². The lowest BCUT2D eigenvalue weighted by molar-refractivity contribution is 0.0695. The monoisotopic (exact) mass is 298 g/mol. The molecule has 0 aliphatic carbocycles. The molecule has 0 fully saturated rings. The number of aromatic carboxylic acids is 1. The van der Waals surface area contributed by atoms with Gasteiger partial charge in [0.05, 0.1) is 5.56 Å². The highest BCUT2D eigenvalue weighted by molar-refractivity contribution is 5.89. The van der Waals surface area contributed by atoms with Crippen LogP contribution in [0.1, 0.15) is 39.5 Å². The van der Waals surface area contributed by atoms with Crippen LogP contribution >= 0.6 is 0 Å². The maximum Gasteiger partial charge on any atom is 0.335 e. The Hall–Kier alpha value is -2.36. The summed E-state index contributed by atoms with van der Waals surface area (Å²) in [7, 11) is 2.01. The van der Waals surface area contributed by atoms with E-state index in [1.807, 2.05) is 39.2 Å². The minimum absolute atomic E-state index is 0.368. The van der Waals surface area contributed by atoms with E-state index in [2.05, 4.69) is 22.9 Å². The minimum atomic E-state index is -0.884. The third-order valence-electron chi connectivity index (χ3n) is 3.83. The van der Waals surface area contributed by atoms with Gasteiger partial charge >= 0.3 is 5.97 Å². The Balaban J connectivity index is 2.32. The molecule has 116 valence electrons. The van der Waals surface area contributed by atoms with Gasteiger partial charge in [0.2, 0.25) is 0 Å². The number of nitrogens with zero attached hydrogens (tertiary/aromatic N) is 2. The van der Waals surface area contributed by atoms with Crippen LogP contribution in [0.25, 0.3) is 0 Å². The molecule has 4 heteroatoms. The number of hydrogen-bond donors (Lipinski definition) is 1. The summed E-state index contributed by atoms with van der Waals surface area (Å²) in [6, 6.07) is 7.64. The molecule has 1 aromatic carbocycles. The van der Waals surface area contributed by atoms with E-state index in [-0.39, 0.29) is 0 Å². The molecule has 0 saturated carbocycles. The molecule has 0 spiro atoms. The van der Waals surface area contributed by atoms with Gasteiger partial charge in [0, 0.05) is 19.8 Å². The first-order valence-corrected chi connectivity index (χ1v) is 7.41. The molecular formula is C18H22N2O2. The van der Waals surface area contributed by atoms with Crippen molar-refractivity contribution in [1.29, 1.82) is 0 Å². The molecule has 1 N–H and O–H groups in total. The lowest BCUT2D eigenvalue weighted by Crippen LogP contribution is -2.18. The van der Waals surface area contributed by atoms with E-state index < -0.39 is 5.97 Å². The largest absolute Gasteiger partial charge is 0.478 e. The Kier molecular flexibility index (Phi) is 4.81. The number of aryl methyl sites for hydroxylation is 2. The van der Waals surface area contributed by atoms with Gasteiger partial charge in [0.25, 0.3) is 0 Å². The van der Waals surface area contributed by atoms with Crippen LogP contribution < -0.4 is 4.90 Å². The quantitative estimate of drug-likeness (QED) is 0.918. The number of benzene rings is 1. The van der Waals surface area contributed by atoms with Gasteiger partial charge in [0.15, 0.2) is 0 Å². The topological polar surface area (TPSA) is 53.4 Å². The number of hydrogen-bond acceptors (Lipinski definition) is 3. The van der Waals surface area contributed by atoms with Crippen molar-refractivity contribution in [2.24, 2.45) is 0 Å². The van der Waals surface area contributed by atoms with E-state index in [1.54, 1.807) is 6.07 Å². The van der Waals surface area contributed by atoms with Crippen LogP contribution in [-0.2, 0) is 6.42 Å². The molecule has 2 aromatic rings. The Labute approximate surface area is 131 Å². The zero-order valence-electron chi connectivity index (χ0n) is 13.6. The summed E-state index contributed by atoms with van der Waals surface area (Å²) in [6.45, 7) is 6.91. The number of carbonyl (C=O) groups is 1. The lowest BCUT2D eigenvalue weighted by atomic mass is 9.98. The zero-order valence-corrected chi connectivity index (χ0v) is 13.6. The van der Waals surface area contributed by atoms with Crippen LogP contribution in [0.15, 0.2) is 30.5 Å². The number of aromatic nitrogens is 1. The average Bonchev–Trinajstić information content (AvgIpc) is 2.48. The molecule has 22 heavy (non-hydrogen) atoms. The van der Waals surface area contributed by atoms with Crippen molar-refractivity contribution >= 4 is 11.8 Å². The van der Waals surface area contributed by atoms with Crippen LogP contribution in [0.5, 0.6) is 0 Å². The fourth-order valence-corrected chi connectivity index (χ4v) is 2.54. The average molecular weight is 298 g/mol. The zero-order chi connectivity index (χ0) is 16.3. The van der Waals surface area contributed by atoms with E-state index in [9.17, 15) is 9.90 Å². The van der Waals surface area contributed by atoms with E-state index >= 15 is 0 Å². The van der Waals surface area contributed by atoms with E-state index in [0.717, 1.165) is 34.6 Å². The molecule has 0 aliphatic rings. The maximum atomic E-state index is 11.4. The second-order valence-electron chi connectivity index (χ2n) is 5.64. The van der Waals surface area contributed by atoms with Gasteiger partial charge in [-0.25, -0.2) is 9.78 Å². The predicted octanol–water partition coefficient (Wildman–Crippen LogP) is 3.44. The molecule has 0 aliphatic heterocycles. The fourth-order valence-electron chi connectivity index (χ4n) is 2.54. The van der Waals surface area contributed by atoms with Gasteiger partial charge in [-0.05, 0) is 49.9 Å². The third kappa shape index (κ3) is 3.45. The van der Waals surface area contributed by atoms with E-state index in [1.165, 1.54) is 0 Å². The van der Waals surface area contributed by atoms with Crippen LogP contribution in [0.2, 0.25) is 0 Å². The van der Waals surface area contributed by atoms with Gasteiger partial charge in [-0.3, -0.25) is 0 Å². The number of carboxylic acids is 1. The van der Waals surface area contributed by atoms with Crippen molar-refractivity contribution in [3.05, 3.63) is 58.3 Å². The summed E-state index contributed by atoms with van der Waals surface area (Å²) in [5.74, 6) is 0.0827. The van der Waals surface area contributed by atoms with Crippen LogP contribution in [-0.4, -0.2) is 29.7 Å². The summed E-state index contributed by atoms with van der Waals surface area (Å²) in [5.41, 5.74) is 4.27. The molecule has 1 aromatic heterocycles. The van der Waals surface area contributed by atoms with Crippen molar-refractivity contribution in [2.45, 2.75) is 27.2 Å². The molecule has 0 radical (unpaired) electrons. The highest BCUT2D eigenvalue weighted by atomic mass is 16.4. The molecule has 0 bridgehead atoms. The Bertz CT molecular complexity index is 695. The highest BCUT2D eigenvalue weighted by Gasteiger charge is 2.12. The van der Waals surface area contributed by atoms with E-state index in [0.29, 0.717) is 12.0 Å². The lowest BCUT2D eigenvalue weighted by Gasteiger charge is -2.18.